The van der Waals surface area contributed by atoms with Crippen LogP contribution in [0.25, 0.3) is 0 Å². The molecule has 4 heterocycles. The second-order valence-electron chi connectivity index (χ2n) is 18.6. The molecular weight excluding hydrogens is 735 g/mol. The number of anilines is 3. The van der Waals surface area contributed by atoms with Gasteiger partial charge in [0.25, 0.3) is 5.62 Å². The van der Waals surface area contributed by atoms with E-state index in [1.807, 2.05) is 11.8 Å². The number of carbonyl (C=O) groups excluding carboxylic acids is 2. The molecule has 57 heavy (non-hydrogen) atoms. The summed E-state index contributed by atoms with van der Waals surface area (Å²) in [4.78, 5) is 35.4. The number of para-hydroxylation sites is 1. The predicted octanol–water partition coefficient (Wildman–Crippen LogP) is 7.20. The maximum atomic E-state index is 13.0. The van der Waals surface area contributed by atoms with Gasteiger partial charge in [0, 0.05) is 60.1 Å². The standard InChI is InChI=1S/C23H36N2O2.C12H16N2S.C9H15N5O/c1-21(2,3)25-20(27)17-8-7-15-14-6-9-18-23(5,13-11-19(26)24-18)16(14)10-12-22(15,17)4;1-9-5-3-6-10(2)11(9)14-12-13-7-4-8-15-12;10-7-6-8(12-9(11)14(7)15)13-4-2-1-3-5-13/h11,13-18H,6-10,12H2,1-5H3,(H,24,26)(H,25,27);3,5-6H,4,7-8H2,1-2H3,(H,13,14);6,11,15H,1-5,10H2/t14-,15-,16-,17+,18+,22-,23+;;/m0../s1. The summed E-state index contributed by atoms with van der Waals surface area (Å²) in [6.07, 6.45) is 15.4. The Balaban J connectivity index is 0.000000156. The average molecular weight is 802 g/mol. The number of amidine groups is 1. The van der Waals surface area contributed by atoms with E-state index in [2.05, 4.69) is 104 Å². The number of aryl methyl sites for hydroxylation is 2. The van der Waals surface area contributed by atoms with Crippen LogP contribution < -0.4 is 32.2 Å². The number of nitrogen functional groups attached to an aromatic ring is 1. The minimum atomic E-state index is -0.226. The first-order valence-corrected chi connectivity index (χ1v) is 22.2. The predicted molar refractivity (Wildman–Crippen MR) is 232 cm³/mol. The molecule has 312 valence electrons. The van der Waals surface area contributed by atoms with Crippen molar-refractivity contribution in [1.29, 1.82) is 5.41 Å². The fourth-order valence-electron chi connectivity index (χ4n) is 10.7. The third-order valence-corrected chi connectivity index (χ3v) is 14.6. The Hall–Kier alpha value is -4.00. The lowest BCUT2D eigenvalue weighted by Crippen LogP contribution is -2.59. The van der Waals surface area contributed by atoms with Crippen LogP contribution in [0.1, 0.15) is 110 Å². The molecule has 0 bridgehead atoms. The molecule has 0 unspecified atom stereocenters. The van der Waals surface area contributed by atoms with Crippen LogP contribution in [0.15, 0.2) is 41.4 Å². The van der Waals surface area contributed by atoms with Crippen LogP contribution in [-0.4, -0.2) is 68.9 Å². The molecule has 6 aliphatic rings. The number of fused-ring (bicyclic) bond motifs is 5. The molecule has 3 saturated carbocycles. The average Bonchev–Trinajstić information content (AvgIpc) is 3.54. The van der Waals surface area contributed by atoms with E-state index in [-0.39, 0.29) is 51.6 Å². The molecule has 1 saturated heterocycles. The van der Waals surface area contributed by atoms with Gasteiger partial charge in [-0.2, -0.15) is 4.98 Å². The van der Waals surface area contributed by atoms with Gasteiger partial charge < -0.3 is 31.8 Å². The quantitative estimate of drug-likeness (QED) is 0.177. The van der Waals surface area contributed by atoms with Gasteiger partial charge in [-0.15, -0.1) is 4.73 Å². The smallest absolute Gasteiger partial charge is 0.259 e. The minimum Gasteiger partial charge on any atom is -0.423 e. The lowest BCUT2D eigenvalue weighted by Gasteiger charge is -2.58. The Bertz CT molecular complexity index is 1880. The topological polar surface area (TPSA) is 174 Å². The second-order valence-corrected chi connectivity index (χ2v) is 19.7. The van der Waals surface area contributed by atoms with Crippen molar-refractivity contribution in [2.45, 2.75) is 124 Å². The summed E-state index contributed by atoms with van der Waals surface area (Å²) in [7, 11) is 0. The van der Waals surface area contributed by atoms with Crippen LogP contribution in [0.3, 0.4) is 0 Å². The number of aromatic nitrogens is 2. The number of nitrogens with zero attached hydrogens (tertiary/aromatic N) is 4. The fourth-order valence-corrected chi connectivity index (χ4v) is 11.5. The Kier molecular flexibility index (Phi) is 13.1. The van der Waals surface area contributed by atoms with Crippen molar-refractivity contribution in [3.05, 3.63) is 53.2 Å². The number of nitrogens with two attached hydrogens (primary N) is 1. The molecule has 0 spiro atoms. The SMILES string of the molecule is CC(C)(C)NC(=O)[C@H]1CC[C@H]2[C@@H]3CC[C@H]4NC(=O)C=C[C@]4(C)[C@H]3CC[C@]12C.Cc1cccc(C)c1NC1=NCCCS1.N=c1nc(N2CCCCC2)cc(N)n1O. The summed E-state index contributed by atoms with van der Waals surface area (Å²) in [5.41, 5.74) is 9.14. The highest BCUT2D eigenvalue weighted by Gasteiger charge is 2.61. The monoisotopic (exact) mass is 802 g/mol. The minimum absolute atomic E-state index is 0.0661. The summed E-state index contributed by atoms with van der Waals surface area (Å²) < 4.78 is 0.577. The van der Waals surface area contributed by atoms with Gasteiger partial charge in [-0.3, -0.25) is 20.0 Å². The Labute approximate surface area is 343 Å². The number of rotatable bonds is 3. The lowest BCUT2D eigenvalue weighted by molar-refractivity contribution is -0.135. The van der Waals surface area contributed by atoms with E-state index in [0.29, 0.717) is 28.3 Å². The first-order valence-electron chi connectivity index (χ1n) is 21.2. The zero-order chi connectivity index (χ0) is 41.1. The Morgan fingerprint density at radius 1 is 1.04 bits per heavy atom. The van der Waals surface area contributed by atoms with E-state index in [4.69, 9.17) is 11.1 Å². The summed E-state index contributed by atoms with van der Waals surface area (Å²) >= 11 is 1.81. The van der Waals surface area contributed by atoms with Gasteiger partial charge >= 0.3 is 0 Å². The summed E-state index contributed by atoms with van der Waals surface area (Å²) in [6.45, 7) is 18.1. The molecule has 4 fully saturated rings. The van der Waals surface area contributed by atoms with Crippen molar-refractivity contribution >= 4 is 46.1 Å². The maximum Gasteiger partial charge on any atom is 0.259 e. The normalized spacial score (nSPS) is 30.4. The number of hydrogen-bond donors (Lipinski definition) is 6. The lowest BCUT2D eigenvalue weighted by atomic mass is 9.48. The number of benzene rings is 1. The molecule has 2 aromatic rings. The molecule has 3 aliphatic heterocycles. The summed E-state index contributed by atoms with van der Waals surface area (Å²) in [5.74, 6) is 4.42. The van der Waals surface area contributed by atoms with Crippen molar-refractivity contribution in [3.8, 4) is 0 Å². The number of nitrogens with one attached hydrogen (secondary N) is 4. The molecule has 12 nitrogen and oxygen atoms in total. The molecular formula is C44H67N9O3S. The van der Waals surface area contributed by atoms with Crippen molar-refractivity contribution in [2.24, 2.45) is 39.5 Å². The number of carbonyl (C=O) groups is 2. The highest BCUT2D eigenvalue weighted by molar-refractivity contribution is 8.14. The third-order valence-electron chi connectivity index (χ3n) is 13.6. The van der Waals surface area contributed by atoms with Crippen LogP contribution >= 0.6 is 11.8 Å². The van der Waals surface area contributed by atoms with E-state index in [1.54, 1.807) is 12.1 Å². The molecule has 3 aliphatic carbocycles. The van der Waals surface area contributed by atoms with E-state index in [9.17, 15) is 14.8 Å². The first kappa shape index (κ1) is 42.6. The van der Waals surface area contributed by atoms with Crippen molar-refractivity contribution < 1.29 is 14.8 Å². The maximum absolute atomic E-state index is 13.0. The van der Waals surface area contributed by atoms with Crippen molar-refractivity contribution in [1.82, 2.24) is 20.3 Å². The second kappa shape index (κ2) is 17.5. The molecule has 13 heteroatoms. The zero-order valence-corrected chi connectivity index (χ0v) is 36.1. The van der Waals surface area contributed by atoms with Crippen LogP contribution in [0.4, 0.5) is 17.3 Å². The largest absolute Gasteiger partial charge is 0.423 e. The Morgan fingerprint density at radius 2 is 1.75 bits per heavy atom. The molecule has 1 aromatic heterocycles. The van der Waals surface area contributed by atoms with Gasteiger partial charge in [-0.25, -0.2) is 0 Å². The number of amides is 2. The molecule has 1 aromatic carbocycles. The molecule has 2 amide bonds. The van der Waals surface area contributed by atoms with Crippen molar-refractivity contribution in [3.63, 3.8) is 0 Å². The summed E-state index contributed by atoms with van der Waals surface area (Å²) in [5, 5.41) is 27.6. The van der Waals surface area contributed by atoms with Gasteiger partial charge in [-0.1, -0.05) is 49.9 Å². The van der Waals surface area contributed by atoms with E-state index >= 15 is 0 Å². The van der Waals surface area contributed by atoms with Crippen LogP contribution in [0, 0.1) is 53.8 Å². The van der Waals surface area contributed by atoms with Crippen LogP contribution in [0.5, 0.6) is 0 Å². The van der Waals surface area contributed by atoms with E-state index in [0.717, 1.165) is 56.9 Å². The highest BCUT2D eigenvalue weighted by atomic mass is 32.2. The van der Waals surface area contributed by atoms with E-state index in [1.165, 1.54) is 54.7 Å². The number of aliphatic imine (C=N–C) groups is 1. The Morgan fingerprint density at radius 3 is 2.40 bits per heavy atom. The van der Waals surface area contributed by atoms with E-state index < -0.39 is 0 Å². The molecule has 8 rings (SSSR count). The highest BCUT2D eigenvalue weighted by Crippen LogP contribution is 2.65. The zero-order valence-electron chi connectivity index (χ0n) is 35.3. The van der Waals surface area contributed by atoms with Crippen LogP contribution in [-0.2, 0) is 9.59 Å². The van der Waals surface area contributed by atoms with Gasteiger partial charge in [0.1, 0.15) is 11.6 Å². The third kappa shape index (κ3) is 9.50. The van der Waals surface area contributed by atoms with Gasteiger partial charge in [0.05, 0.1) is 0 Å². The number of thioether (sulfide) groups is 1. The number of piperidine rings is 1. The van der Waals surface area contributed by atoms with Crippen molar-refractivity contribution in [2.75, 3.05) is 41.3 Å². The number of hydrogen-bond acceptors (Lipinski definition) is 10. The summed E-state index contributed by atoms with van der Waals surface area (Å²) in [6, 6.07) is 8.23. The van der Waals surface area contributed by atoms with Crippen LogP contribution in [0.2, 0.25) is 0 Å². The first-order chi connectivity index (χ1) is 27.0. The molecule has 7 atom stereocenters. The molecule has 0 radical (unpaired) electrons. The van der Waals surface area contributed by atoms with Gasteiger partial charge in [0.2, 0.25) is 11.8 Å². The van der Waals surface area contributed by atoms with Gasteiger partial charge in [0.15, 0.2) is 5.17 Å². The fraction of sp³-hybridized carbons (Fsp3) is 0.659. The van der Waals surface area contributed by atoms with Gasteiger partial charge in [-0.05, 0) is 139 Å². The molecule has 7 N–H and O–H groups in total.